The highest BCUT2D eigenvalue weighted by molar-refractivity contribution is 4.73. The quantitative estimate of drug-likeness (QED) is 0.489. The fraction of sp³-hybridized carbons (Fsp3) is 1.00. The molecule has 1 saturated heterocycles. The first-order valence-electron chi connectivity index (χ1n) is 5.04. The predicted molar refractivity (Wildman–Crippen MR) is 53.5 cm³/mol. The van der Waals surface area contributed by atoms with Gasteiger partial charge in [0.15, 0.2) is 12.1 Å². The fourth-order valence-corrected chi connectivity index (χ4v) is 1.42. The lowest BCUT2D eigenvalue weighted by Crippen LogP contribution is -2.35. The summed E-state index contributed by atoms with van der Waals surface area (Å²) >= 11 is 0. The zero-order valence-electron chi connectivity index (χ0n) is 9.82. The average Bonchev–Trinajstić information content (AvgIpc) is 2.54. The van der Waals surface area contributed by atoms with E-state index in [2.05, 4.69) is 0 Å². The Hall–Kier alpha value is -0.200. The Kier molecular flexibility index (Phi) is 4.95. The van der Waals surface area contributed by atoms with E-state index in [4.69, 9.17) is 23.7 Å². The van der Waals surface area contributed by atoms with Gasteiger partial charge < -0.3 is 23.7 Å². The zero-order valence-corrected chi connectivity index (χ0v) is 9.82. The van der Waals surface area contributed by atoms with Crippen LogP contribution in [0.2, 0.25) is 0 Å². The van der Waals surface area contributed by atoms with Gasteiger partial charge >= 0.3 is 0 Å². The smallest absolute Gasteiger partial charge is 0.185 e. The number of hydrogen-bond donors (Lipinski definition) is 0. The van der Waals surface area contributed by atoms with Crippen LogP contribution in [0.25, 0.3) is 0 Å². The third kappa shape index (κ3) is 4.04. The first kappa shape index (κ1) is 12.9. The summed E-state index contributed by atoms with van der Waals surface area (Å²) in [6, 6.07) is 0. The van der Waals surface area contributed by atoms with Gasteiger partial charge in [-0.3, -0.25) is 0 Å². The second-order valence-corrected chi connectivity index (χ2v) is 3.83. The van der Waals surface area contributed by atoms with E-state index >= 15 is 0 Å². The maximum absolute atomic E-state index is 5.62. The molecule has 0 amide bonds. The van der Waals surface area contributed by atoms with E-state index < -0.39 is 12.1 Å². The van der Waals surface area contributed by atoms with Crippen LogP contribution in [0.1, 0.15) is 13.8 Å². The summed E-state index contributed by atoms with van der Waals surface area (Å²) in [5, 5.41) is 0. The molecule has 15 heavy (non-hydrogen) atoms. The minimum Gasteiger partial charge on any atom is -0.382 e. The van der Waals surface area contributed by atoms with E-state index in [9.17, 15) is 0 Å². The molecule has 0 radical (unpaired) electrons. The highest BCUT2D eigenvalue weighted by Gasteiger charge is 2.38. The Morgan fingerprint density at radius 3 is 2.53 bits per heavy atom. The van der Waals surface area contributed by atoms with E-state index in [-0.39, 0.29) is 6.10 Å². The van der Waals surface area contributed by atoms with Crippen molar-refractivity contribution in [3.63, 3.8) is 0 Å². The lowest BCUT2D eigenvalue weighted by molar-refractivity contribution is -0.213. The summed E-state index contributed by atoms with van der Waals surface area (Å²) < 4.78 is 26.6. The van der Waals surface area contributed by atoms with Crippen LogP contribution in [0, 0.1) is 0 Å². The molecule has 1 fully saturated rings. The van der Waals surface area contributed by atoms with Crippen LogP contribution in [-0.4, -0.2) is 52.2 Å². The maximum Gasteiger partial charge on any atom is 0.185 e. The fourth-order valence-electron chi connectivity index (χ4n) is 1.42. The van der Waals surface area contributed by atoms with Crippen molar-refractivity contribution in [2.24, 2.45) is 0 Å². The normalized spacial score (nSPS) is 26.8. The highest BCUT2D eigenvalue weighted by Crippen LogP contribution is 2.25. The second kappa shape index (κ2) is 5.77. The van der Waals surface area contributed by atoms with Gasteiger partial charge in [-0.25, -0.2) is 0 Å². The molecule has 5 nitrogen and oxygen atoms in total. The van der Waals surface area contributed by atoms with Gasteiger partial charge in [-0.1, -0.05) is 0 Å². The molecule has 1 aliphatic heterocycles. The highest BCUT2D eigenvalue weighted by atomic mass is 16.8. The molecule has 0 spiro atoms. The molecule has 90 valence electrons. The summed E-state index contributed by atoms with van der Waals surface area (Å²) in [6.45, 7) is 5.24. The van der Waals surface area contributed by atoms with Crippen molar-refractivity contribution < 1.29 is 23.7 Å². The molecule has 0 aromatic carbocycles. The molecule has 0 N–H and O–H groups in total. The van der Waals surface area contributed by atoms with Gasteiger partial charge in [0.05, 0.1) is 19.8 Å². The lowest BCUT2D eigenvalue weighted by atomic mass is 10.3. The first-order chi connectivity index (χ1) is 7.09. The standard InChI is InChI=1S/C10H20O5/c1-10(2)14-7-8(15-10)9(12-4)13-6-5-11-3/h8-9H,5-7H2,1-4H3. The van der Waals surface area contributed by atoms with Crippen molar-refractivity contribution in [3.05, 3.63) is 0 Å². The molecule has 0 saturated carbocycles. The molecule has 2 atom stereocenters. The summed E-state index contributed by atoms with van der Waals surface area (Å²) in [4.78, 5) is 0. The van der Waals surface area contributed by atoms with Gasteiger partial charge in [0.1, 0.15) is 6.10 Å². The van der Waals surface area contributed by atoms with Gasteiger partial charge in [-0.2, -0.15) is 0 Å². The number of hydrogen-bond acceptors (Lipinski definition) is 5. The van der Waals surface area contributed by atoms with Crippen LogP contribution in [0.3, 0.4) is 0 Å². The average molecular weight is 220 g/mol. The van der Waals surface area contributed by atoms with Gasteiger partial charge in [0.2, 0.25) is 0 Å². The predicted octanol–water partition coefficient (Wildman–Crippen LogP) is 0.773. The van der Waals surface area contributed by atoms with Gasteiger partial charge in [0, 0.05) is 14.2 Å². The Labute approximate surface area is 90.6 Å². The summed E-state index contributed by atoms with van der Waals surface area (Å²) in [5.41, 5.74) is 0. The van der Waals surface area contributed by atoms with Crippen molar-refractivity contribution in [3.8, 4) is 0 Å². The molecule has 1 rings (SSSR count). The van der Waals surface area contributed by atoms with E-state index in [1.54, 1.807) is 14.2 Å². The van der Waals surface area contributed by atoms with E-state index in [1.807, 2.05) is 13.8 Å². The first-order valence-corrected chi connectivity index (χ1v) is 5.04. The third-order valence-electron chi connectivity index (χ3n) is 2.14. The van der Waals surface area contributed by atoms with Gasteiger partial charge in [-0.05, 0) is 13.8 Å². The van der Waals surface area contributed by atoms with Crippen LogP contribution >= 0.6 is 0 Å². The van der Waals surface area contributed by atoms with Gasteiger partial charge in [-0.15, -0.1) is 0 Å². The molecule has 0 aromatic heterocycles. The topological polar surface area (TPSA) is 46.2 Å². The van der Waals surface area contributed by atoms with Crippen molar-refractivity contribution in [1.82, 2.24) is 0 Å². The van der Waals surface area contributed by atoms with Crippen LogP contribution in [-0.2, 0) is 23.7 Å². The SMILES string of the molecule is COCCOC(OC)C1COC(C)(C)O1. The molecule has 0 aromatic rings. The summed E-state index contributed by atoms with van der Waals surface area (Å²) in [6.07, 6.45) is -0.580. The van der Waals surface area contributed by atoms with Crippen LogP contribution in [0.5, 0.6) is 0 Å². The number of methoxy groups -OCH3 is 2. The number of ether oxygens (including phenoxy) is 5. The molecule has 2 unspecified atom stereocenters. The summed E-state index contributed by atoms with van der Waals surface area (Å²) in [5.74, 6) is -0.550. The minimum absolute atomic E-state index is 0.179. The van der Waals surface area contributed by atoms with E-state index in [0.29, 0.717) is 19.8 Å². The zero-order chi connectivity index (χ0) is 11.3. The summed E-state index contributed by atoms with van der Waals surface area (Å²) in [7, 11) is 3.22. The van der Waals surface area contributed by atoms with Crippen molar-refractivity contribution in [2.75, 3.05) is 34.0 Å². The van der Waals surface area contributed by atoms with E-state index in [1.165, 1.54) is 0 Å². The van der Waals surface area contributed by atoms with Crippen LogP contribution in [0.4, 0.5) is 0 Å². The van der Waals surface area contributed by atoms with E-state index in [0.717, 1.165) is 0 Å². The second-order valence-electron chi connectivity index (χ2n) is 3.83. The van der Waals surface area contributed by atoms with Crippen molar-refractivity contribution in [1.29, 1.82) is 0 Å². The van der Waals surface area contributed by atoms with Crippen molar-refractivity contribution >= 4 is 0 Å². The molecular formula is C10H20O5. The van der Waals surface area contributed by atoms with Crippen LogP contribution in [0.15, 0.2) is 0 Å². The lowest BCUT2D eigenvalue weighted by Gasteiger charge is -2.23. The maximum atomic E-state index is 5.62. The third-order valence-corrected chi connectivity index (χ3v) is 2.14. The van der Waals surface area contributed by atoms with Crippen LogP contribution < -0.4 is 0 Å². The molecular weight excluding hydrogens is 200 g/mol. The minimum atomic E-state index is -0.550. The molecule has 1 aliphatic rings. The molecule has 1 heterocycles. The number of rotatable bonds is 6. The monoisotopic (exact) mass is 220 g/mol. The Morgan fingerprint density at radius 1 is 1.33 bits per heavy atom. The Bertz CT molecular complexity index is 183. The Morgan fingerprint density at radius 2 is 2.07 bits per heavy atom. The molecule has 0 aliphatic carbocycles. The Balaban J connectivity index is 2.32. The largest absolute Gasteiger partial charge is 0.382 e. The van der Waals surface area contributed by atoms with Gasteiger partial charge in [0.25, 0.3) is 0 Å². The molecule has 5 heteroatoms. The van der Waals surface area contributed by atoms with Crippen molar-refractivity contribution in [2.45, 2.75) is 32.0 Å². The molecule has 0 bridgehead atoms.